The lowest BCUT2D eigenvalue weighted by Gasteiger charge is -2.02. The van der Waals surface area contributed by atoms with Gasteiger partial charge in [0, 0.05) is 17.0 Å². The van der Waals surface area contributed by atoms with Gasteiger partial charge < -0.3 is 5.73 Å². The molecule has 0 bridgehead atoms. The van der Waals surface area contributed by atoms with Gasteiger partial charge in [-0.05, 0) is 26.0 Å². The summed E-state index contributed by atoms with van der Waals surface area (Å²) >= 11 is 0. The lowest BCUT2D eigenvalue weighted by atomic mass is 10.2. The van der Waals surface area contributed by atoms with Gasteiger partial charge in [-0.1, -0.05) is 0 Å². The average molecular weight is 149 g/mol. The van der Waals surface area contributed by atoms with Gasteiger partial charge >= 0.3 is 0 Å². The monoisotopic (exact) mass is 149 g/mol. The maximum absolute atomic E-state index is 7.18. The topological polar surface area (TPSA) is 62.8 Å². The molecule has 0 radical (unpaired) electrons. The summed E-state index contributed by atoms with van der Waals surface area (Å²) < 4.78 is 0. The van der Waals surface area contributed by atoms with E-state index in [1.807, 2.05) is 26.0 Å². The van der Waals surface area contributed by atoms with Gasteiger partial charge in [-0.15, -0.1) is 0 Å². The minimum Gasteiger partial charge on any atom is -0.384 e. The molecule has 58 valence electrons. The zero-order chi connectivity index (χ0) is 8.43. The largest absolute Gasteiger partial charge is 0.384 e. The number of hydrogen-bond acceptors (Lipinski definition) is 2. The van der Waals surface area contributed by atoms with Gasteiger partial charge in [-0.3, -0.25) is 10.4 Å². The van der Waals surface area contributed by atoms with Crippen LogP contribution in [0.15, 0.2) is 12.1 Å². The molecule has 0 spiro atoms. The van der Waals surface area contributed by atoms with Crippen LogP contribution in [0.1, 0.15) is 17.0 Å². The number of aryl methyl sites for hydroxylation is 2. The van der Waals surface area contributed by atoms with E-state index in [9.17, 15) is 0 Å². The van der Waals surface area contributed by atoms with Crippen LogP contribution in [0.2, 0.25) is 0 Å². The molecule has 0 amide bonds. The quantitative estimate of drug-likeness (QED) is 0.462. The van der Waals surface area contributed by atoms with Crippen LogP contribution in [0.4, 0.5) is 0 Å². The molecular formula is C8H11N3. The van der Waals surface area contributed by atoms with E-state index in [0.717, 1.165) is 17.0 Å². The van der Waals surface area contributed by atoms with Crippen molar-refractivity contribution in [3.8, 4) is 0 Å². The number of pyridine rings is 1. The molecule has 0 fully saturated rings. The van der Waals surface area contributed by atoms with Crippen LogP contribution in [-0.4, -0.2) is 10.8 Å². The van der Waals surface area contributed by atoms with Crippen LogP contribution in [0, 0.1) is 19.3 Å². The van der Waals surface area contributed by atoms with E-state index in [0.29, 0.717) is 0 Å². The van der Waals surface area contributed by atoms with Gasteiger partial charge in [-0.25, -0.2) is 0 Å². The molecule has 11 heavy (non-hydrogen) atoms. The van der Waals surface area contributed by atoms with E-state index >= 15 is 0 Å². The summed E-state index contributed by atoms with van der Waals surface area (Å²) in [7, 11) is 0. The maximum Gasteiger partial charge on any atom is 0.124 e. The van der Waals surface area contributed by atoms with E-state index < -0.39 is 0 Å². The zero-order valence-corrected chi connectivity index (χ0v) is 6.68. The molecule has 3 N–H and O–H groups in total. The highest BCUT2D eigenvalue weighted by Crippen LogP contribution is 2.04. The van der Waals surface area contributed by atoms with Crippen molar-refractivity contribution in [3.63, 3.8) is 0 Å². The Labute approximate surface area is 65.8 Å². The Bertz CT molecular complexity index is 291. The number of amidine groups is 1. The lowest BCUT2D eigenvalue weighted by molar-refractivity contribution is 1.11. The van der Waals surface area contributed by atoms with Crippen molar-refractivity contribution >= 4 is 5.84 Å². The number of hydrogen-bond donors (Lipinski definition) is 2. The number of nitrogen functional groups attached to an aromatic ring is 1. The first-order valence-electron chi connectivity index (χ1n) is 3.40. The third-order valence-corrected chi connectivity index (χ3v) is 1.52. The van der Waals surface area contributed by atoms with E-state index in [1.54, 1.807) is 0 Å². The highest BCUT2D eigenvalue weighted by atomic mass is 14.7. The lowest BCUT2D eigenvalue weighted by Crippen LogP contribution is -2.13. The van der Waals surface area contributed by atoms with Crippen LogP contribution in [0.5, 0.6) is 0 Å². The van der Waals surface area contributed by atoms with E-state index in [4.69, 9.17) is 11.1 Å². The van der Waals surface area contributed by atoms with Crippen LogP contribution in [0.3, 0.4) is 0 Å². The Morgan fingerprint density at radius 3 is 2.55 bits per heavy atom. The normalized spacial score (nSPS) is 9.64. The third kappa shape index (κ3) is 1.55. The second-order valence-corrected chi connectivity index (χ2v) is 2.50. The van der Waals surface area contributed by atoms with Crippen LogP contribution in [0.25, 0.3) is 0 Å². The van der Waals surface area contributed by atoms with Crippen molar-refractivity contribution < 1.29 is 0 Å². The maximum atomic E-state index is 7.18. The van der Waals surface area contributed by atoms with Crippen molar-refractivity contribution in [3.05, 3.63) is 29.1 Å². The van der Waals surface area contributed by atoms with Gasteiger partial charge in [0.2, 0.25) is 0 Å². The van der Waals surface area contributed by atoms with Crippen molar-refractivity contribution in [2.45, 2.75) is 13.8 Å². The number of nitrogens with one attached hydrogen (secondary N) is 1. The first kappa shape index (κ1) is 7.72. The molecule has 0 aromatic carbocycles. The summed E-state index contributed by atoms with van der Waals surface area (Å²) in [4.78, 5) is 4.17. The summed E-state index contributed by atoms with van der Waals surface area (Å²) in [5, 5.41) is 7.18. The summed E-state index contributed by atoms with van der Waals surface area (Å²) in [5.41, 5.74) is 7.79. The molecule has 1 heterocycles. The fourth-order valence-electron chi connectivity index (χ4n) is 0.971. The molecule has 0 saturated heterocycles. The number of nitrogens with zero attached hydrogens (tertiary/aromatic N) is 1. The van der Waals surface area contributed by atoms with E-state index in [1.165, 1.54) is 0 Å². The predicted octanol–water partition coefficient (Wildman–Crippen LogP) is 0.983. The zero-order valence-electron chi connectivity index (χ0n) is 6.68. The third-order valence-electron chi connectivity index (χ3n) is 1.52. The van der Waals surface area contributed by atoms with Gasteiger partial charge in [0.15, 0.2) is 0 Å². The molecular weight excluding hydrogens is 138 g/mol. The number of aromatic nitrogens is 1. The summed E-state index contributed by atoms with van der Waals surface area (Å²) in [6.07, 6.45) is 0. The SMILES string of the molecule is Cc1ccc(C(=N)N)c(C)n1. The van der Waals surface area contributed by atoms with E-state index in [2.05, 4.69) is 4.98 Å². The Morgan fingerprint density at radius 1 is 1.45 bits per heavy atom. The molecule has 1 rings (SSSR count). The molecule has 0 aliphatic carbocycles. The number of nitrogens with two attached hydrogens (primary N) is 1. The van der Waals surface area contributed by atoms with Crippen molar-refractivity contribution in [1.29, 1.82) is 5.41 Å². The summed E-state index contributed by atoms with van der Waals surface area (Å²) in [5.74, 6) is 0.0787. The average Bonchev–Trinajstić information content (AvgIpc) is 1.85. The van der Waals surface area contributed by atoms with Crippen molar-refractivity contribution in [2.75, 3.05) is 0 Å². The molecule has 0 atom stereocenters. The van der Waals surface area contributed by atoms with Crippen molar-refractivity contribution in [2.24, 2.45) is 5.73 Å². The molecule has 3 heteroatoms. The Balaban J connectivity index is 3.20. The highest BCUT2D eigenvalue weighted by Gasteiger charge is 2.00. The summed E-state index contributed by atoms with van der Waals surface area (Å²) in [6.45, 7) is 3.76. The highest BCUT2D eigenvalue weighted by molar-refractivity contribution is 5.95. The smallest absolute Gasteiger partial charge is 0.124 e. The minimum atomic E-state index is 0.0787. The van der Waals surface area contributed by atoms with Crippen LogP contribution >= 0.6 is 0 Å². The predicted molar refractivity (Wildman–Crippen MR) is 44.7 cm³/mol. The molecule has 0 saturated carbocycles. The molecule has 0 aliphatic rings. The number of rotatable bonds is 1. The standard InChI is InChI=1S/C8H11N3/c1-5-3-4-7(8(9)10)6(2)11-5/h3-4H,1-2H3,(H3,9,10). The van der Waals surface area contributed by atoms with Gasteiger partial charge in [0.25, 0.3) is 0 Å². The summed E-state index contributed by atoms with van der Waals surface area (Å²) in [6, 6.07) is 3.67. The Hall–Kier alpha value is -1.38. The van der Waals surface area contributed by atoms with Crippen LogP contribution < -0.4 is 5.73 Å². The second kappa shape index (κ2) is 2.70. The first-order chi connectivity index (χ1) is 5.11. The molecule has 0 unspecified atom stereocenters. The van der Waals surface area contributed by atoms with E-state index in [-0.39, 0.29) is 5.84 Å². The van der Waals surface area contributed by atoms with Crippen molar-refractivity contribution in [1.82, 2.24) is 4.98 Å². The fourth-order valence-corrected chi connectivity index (χ4v) is 0.971. The molecule has 0 aliphatic heterocycles. The minimum absolute atomic E-state index is 0.0787. The van der Waals surface area contributed by atoms with Gasteiger partial charge in [-0.2, -0.15) is 0 Å². The first-order valence-corrected chi connectivity index (χ1v) is 3.40. The van der Waals surface area contributed by atoms with Gasteiger partial charge in [0.05, 0.1) is 0 Å². The molecule has 3 nitrogen and oxygen atoms in total. The second-order valence-electron chi connectivity index (χ2n) is 2.50. The Kier molecular flexibility index (Phi) is 1.89. The Morgan fingerprint density at radius 2 is 2.09 bits per heavy atom. The van der Waals surface area contributed by atoms with Gasteiger partial charge in [0.1, 0.15) is 5.84 Å². The molecule has 1 aromatic heterocycles. The van der Waals surface area contributed by atoms with Crippen LogP contribution in [-0.2, 0) is 0 Å². The fraction of sp³-hybridized carbons (Fsp3) is 0.250. The molecule has 1 aromatic rings.